The zero-order valence-electron chi connectivity index (χ0n) is 15.8. The molecule has 4 nitrogen and oxygen atoms in total. The van der Waals surface area contributed by atoms with Gasteiger partial charge in [0.15, 0.2) is 0 Å². The molecule has 5 heteroatoms. The fraction of sp³-hybridized carbons (Fsp3) is 0.304. The van der Waals surface area contributed by atoms with Crippen LogP contribution in [0.3, 0.4) is 0 Å². The molecule has 2 aromatic heterocycles. The second kappa shape index (κ2) is 7.19. The van der Waals surface area contributed by atoms with Crippen molar-refractivity contribution in [3.8, 4) is 0 Å². The van der Waals surface area contributed by atoms with E-state index < -0.39 is 0 Å². The molecule has 1 saturated heterocycles. The molecule has 2 aliphatic rings. The third kappa shape index (κ3) is 3.27. The predicted molar refractivity (Wildman–Crippen MR) is 113 cm³/mol. The van der Waals surface area contributed by atoms with Gasteiger partial charge in [0, 0.05) is 42.5 Å². The maximum absolute atomic E-state index is 6.03. The van der Waals surface area contributed by atoms with Crippen molar-refractivity contribution in [2.24, 2.45) is 0 Å². The second-order valence-corrected chi connectivity index (χ2v) is 8.35. The smallest absolute Gasteiger partial charge is 0.0729 e. The zero-order chi connectivity index (χ0) is 19.0. The van der Waals surface area contributed by atoms with Crippen molar-refractivity contribution in [1.29, 1.82) is 0 Å². The van der Waals surface area contributed by atoms with E-state index >= 15 is 0 Å². The Kier molecular flexibility index (Phi) is 4.53. The van der Waals surface area contributed by atoms with E-state index in [-0.39, 0.29) is 5.41 Å². The molecule has 2 aliphatic heterocycles. The molecule has 5 rings (SSSR count). The average Bonchev–Trinajstić information content (AvgIpc) is 3.26. The van der Waals surface area contributed by atoms with Gasteiger partial charge < -0.3 is 4.90 Å². The van der Waals surface area contributed by atoms with E-state index in [4.69, 9.17) is 16.6 Å². The van der Waals surface area contributed by atoms with Crippen molar-refractivity contribution in [1.82, 2.24) is 14.9 Å². The lowest BCUT2D eigenvalue weighted by molar-refractivity contribution is 0.305. The monoisotopic (exact) mass is 390 g/mol. The normalized spacial score (nSPS) is 21.4. The van der Waals surface area contributed by atoms with Crippen LogP contribution in [0.15, 0.2) is 67.0 Å². The molecule has 0 radical (unpaired) electrons. The minimum Gasteiger partial charge on any atom is -0.363 e. The molecule has 1 atom stereocenters. The highest BCUT2D eigenvalue weighted by atomic mass is 35.5. The van der Waals surface area contributed by atoms with Crippen LogP contribution in [0.4, 0.5) is 5.69 Å². The molecule has 1 aromatic carbocycles. The van der Waals surface area contributed by atoms with Crippen LogP contribution in [0.5, 0.6) is 0 Å². The Morgan fingerprint density at radius 1 is 0.893 bits per heavy atom. The van der Waals surface area contributed by atoms with Gasteiger partial charge in [0.2, 0.25) is 0 Å². The quantitative estimate of drug-likeness (QED) is 0.665. The summed E-state index contributed by atoms with van der Waals surface area (Å²) in [7, 11) is 0. The van der Waals surface area contributed by atoms with E-state index in [1.807, 2.05) is 36.7 Å². The predicted octanol–water partition coefficient (Wildman–Crippen LogP) is 4.29. The lowest BCUT2D eigenvalue weighted by Gasteiger charge is -2.26. The number of anilines is 1. The summed E-state index contributed by atoms with van der Waals surface area (Å²) in [6, 6.07) is 18.6. The Morgan fingerprint density at radius 2 is 1.75 bits per heavy atom. The lowest BCUT2D eigenvalue weighted by Crippen LogP contribution is -2.36. The number of hydrogen-bond acceptors (Lipinski definition) is 4. The number of aromatic nitrogens is 2. The van der Waals surface area contributed by atoms with Crippen molar-refractivity contribution in [2.75, 3.05) is 24.5 Å². The number of nitrogens with zero attached hydrogens (tertiary/aromatic N) is 4. The summed E-state index contributed by atoms with van der Waals surface area (Å²) in [5.41, 5.74) is 5.04. The van der Waals surface area contributed by atoms with E-state index in [0.717, 1.165) is 49.9 Å². The minimum atomic E-state index is 0.109. The first-order valence-corrected chi connectivity index (χ1v) is 10.2. The number of benzene rings is 1. The van der Waals surface area contributed by atoms with E-state index in [2.05, 4.69) is 45.1 Å². The van der Waals surface area contributed by atoms with Crippen LogP contribution in [-0.2, 0) is 18.5 Å². The van der Waals surface area contributed by atoms with Gasteiger partial charge in [-0.3, -0.25) is 14.9 Å². The first kappa shape index (κ1) is 17.7. The highest BCUT2D eigenvalue weighted by Gasteiger charge is 2.48. The fourth-order valence-corrected chi connectivity index (χ4v) is 4.80. The van der Waals surface area contributed by atoms with Crippen LogP contribution in [-0.4, -0.2) is 34.5 Å². The second-order valence-electron chi connectivity index (χ2n) is 7.92. The number of halogens is 1. The maximum Gasteiger partial charge on any atom is 0.0729 e. The van der Waals surface area contributed by atoms with E-state index in [0.29, 0.717) is 0 Å². The molecular formula is C23H23ClN4. The summed E-state index contributed by atoms with van der Waals surface area (Å²) in [5, 5.41) is 0.792. The van der Waals surface area contributed by atoms with Crippen LogP contribution in [0, 0.1) is 0 Å². The average molecular weight is 391 g/mol. The minimum absolute atomic E-state index is 0.109. The van der Waals surface area contributed by atoms with Gasteiger partial charge in [0.1, 0.15) is 0 Å². The Balaban J connectivity index is 1.37. The molecule has 0 N–H and O–H groups in total. The summed E-state index contributed by atoms with van der Waals surface area (Å²) in [5.74, 6) is 0. The number of pyridine rings is 2. The van der Waals surface area contributed by atoms with E-state index in [1.54, 1.807) is 0 Å². The topological polar surface area (TPSA) is 32.3 Å². The zero-order valence-corrected chi connectivity index (χ0v) is 16.5. The Labute approximate surface area is 170 Å². The van der Waals surface area contributed by atoms with Gasteiger partial charge in [-0.05, 0) is 54.9 Å². The largest absolute Gasteiger partial charge is 0.363 e. The number of fused-ring (bicyclic) bond motifs is 2. The van der Waals surface area contributed by atoms with Gasteiger partial charge in [0.25, 0.3) is 0 Å². The maximum atomic E-state index is 6.03. The van der Waals surface area contributed by atoms with Gasteiger partial charge in [-0.15, -0.1) is 0 Å². The molecular weight excluding hydrogens is 368 g/mol. The van der Waals surface area contributed by atoms with Gasteiger partial charge in [-0.25, -0.2) is 0 Å². The van der Waals surface area contributed by atoms with Gasteiger partial charge in [0.05, 0.1) is 23.6 Å². The third-order valence-corrected chi connectivity index (χ3v) is 6.21. The number of rotatable bonds is 4. The molecule has 0 unspecified atom stereocenters. The summed E-state index contributed by atoms with van der Waals surface area (Å²) >= 11 is 6.03. The van der Waals surface area contributed by atoms with Crippen molar-refractivity contribution in [3.63, 3.8) is 0 Å². The van der Waals surface area contributed by atoms with Crippen LogP contribution >= 0.6 is 11.6 Å². The van der Waals surface area contributed by atoms with Gasteiger partial charge >= 0.3 is 0 Å². The Bertz CT molecular complexity index is 960. The highest BCUT2D eigenvalue weighted by molar-refractivity contribution is 6.30. The molecule has 0 saturated carbocycles. The molecule has 142 valence electrons. The molecule has 28 heavy (non-hydrogen) atoms. The summed E-state index contributed by atoms with van der Waals surface area (Å²) in [4.78, 5) is 14.4. The molecule has 1 spiro atoms. The lowest BCUT2D eigenvalue weighted by atomic mass is 9.85. The van der Waals surface area contributed by atoms with Gasteiger partial charge in [-0.2, -0.15) is 0 Å². The molecule has 0 aliphatic carbocycles. The van der Waals surface area contributed by atoms with E-state index in [9.17, 15) is 0 Å². The third-order valence-electron chi connectivity index (χ3n) is 5.95. The number of hydrogen-bond donors (Lipinski definition) is 0. The van der Waals surface area contributed by atoms with Crippen LogP contribution in [0.2, 0.25) is 5.02 Å². The standard InChI is InChI=1S/C23H23ClN4/c24-19-8-6-18(7-9-19)14-27-13-10-23(16-27)17-28(15-20-4-1-2-11-25-20)21-5-3-12-26-22(21)23/h1-9,11-12H,10,13-17H2/t23-/m0/s1. The van der Waals surface area contributed by atoms with Crippen molar-refractivity contribution < 1.29 is 0 Å². The number of likely N-dealkylation sites (tertiary alicyclic amines) is 1. The Hall–Kier alpha value is -2.43. The summed E-state index contributed by atoms with van der Waals surface area (Å²) in [6.45, 7) is 4.93. The first-order valence-electron chi connectivity index (χ1n) is 9.79. The molecule has 0 amide bonds. The van der Waals surface area contributed by atoms with Crippen LogP contribution < -0.4 is 4.90 Å². The van der Waals surface area contributed by atoms with E-state index in [1.165, 1.54) is 16.9 Å². The van der Waals surface area contributed by atoms with Crippen molar-refractivity contribution in [3.05, 3.63) is 89.0 Å². The Morgan fingerprint density at radius 3 is 2.57 bits per heavy atom. The first-order chi connectivity index (χ1) is 13.7. The van der Waals surface area contributed by atoms with Gasteiger partial charge in [-0.1, -0.05) is 29.8 Å². The fourth-order valence-electron chi connectivity index (χ4n) is 4.68. The molecule has 3 aromatic rings. The summed E-state index contributed by atoms with van der Waals surface area (Å²) < 4.78 is 0. The summed E-state index contributed by atoms with van der Waals surface area (Å²) in [6.07, 6.45) is 4.95. The highest BCUT2D eigenvalue weighted by Crippen LogP contribution is 2.45. The molecule has 0 bridgehead atoms. The van der Waals surface area contributed by atoms with Crippen molar-refractivity contribution >= 4 is 17.3 Å². The van der Waals surface area contributed by atoms with Crippen LogP contribution in [0.1, 0.15) is 23.4 Å². The van der Waals surface area contributed by atoms with Crippen molar-refractivity contribution in [2.45, 2.75) is 24.9 Å². The SMILES string of the molecule is Clc1ccc(CN2CC[C@]3(C2)CN(Cc2ccccn2)c2cccnc23)cc1. The molecule has 1 fully saturated rings. The molecule has 4 heterocycles. The van der Waals surface area contributed by atoms with Crippen LogP contribution in [0.25, 0.3) is 0 Å².